The molecule has 2 aliphatic heterocycles. The van der Waals surface area contributed by atoms with Gasteiger partial charge in [0.05, 0.1) is 6.10 Å². The Morgan fingerprint density at radius 1 is 1.50 bits per heavy atom. The molecular formula is C10H19NO. The van der Waals surface area contributed by atoms with Crippen LogP contribution in [-0.4, -0.2) is 34.7 Å². The van der Waals surface area contributed by atoms with Gasteiger partial charge < -0.3 is 5.11 Å². The smallest absolute Gasteiger partial charge is 0.0572 e. The number of piperidine rings is 2. The summed E-state index contributed by atoms with van der Waals surface area (Å²) in [5, 5.41) is 9.67. The topological polar surface area (TPSA) is 23.5 Å². The molecule has 2 heteroatoms. The SMILES string of the molecule is CN1[C@H]2CCC[C@]1(C)C[C@@H](O)C2. The maximum atomic E-state index is 9.67. The molecule has 3 atom stereocenters. The van der Waals surface area contributed by atoms with E-state index in [1.165, 1.54) is 19.3 Å². The van der Waals surface area contributed by atoms with E-state index >= 15 is 0 Å². The first-order valence-electron chi connectivity index (χ1n) is 5.03. The van der Waals surface area contributed by atoms with Gasteiger partial charge in [-0.15, -0.1) is 0 Å². The summed E-state index contributed by atoms with van der Waals surface area (Å²) >= 11 is 0. The molecule has 0 aromatic rings. The second kappa shape index (κ2) is 2.71. The normalized spacial score (nSPS) is 49.2. The minimum atomic E-state index is -0.0449. The van der Waals surface area contributed by atoms with Gasteiger partial charge in [0.25, 0.3) is 0 Å². The molecule has 2 fully saturated rings. The van der Waals surface area contributed by atoms with E-state index in [1.54, 1.807) is 0 Å². The summed E-state index contributed by atoms with van der Waals surface area (Å²) in [5.74, 6) is 0. The van der Waals surface area contributed by atoms with Crippen molar-refractivity contribution in [2.24, 2.45) is 0 Å². The van der Waals surface area contributed by atoms with E-state index in [4.69, 9.17) is 0 Å². The Morgan fingerprint density at radius 3 is 2.92 bits per heavy atom. The Labute approximate surface area is 74.6 Å². The van der Waals surface area contributed by atoms with E-state index in [0.29, 0.717) is 11.6 Å². The Bertz CT molecular complexity index is 183. The third-order valence-electron chi connectivity index (χ3n) is 3.87. The number of aliphatic hydroxyl groups excluding tert-OH is 1. The lowest BCUT2D eigenvalue weighted by atomic mass is 9.75. The third kappa shape index (κ3) is 1.17. The van der Waals surface area contributed by atoms with Gasteiger partial charge in [-0.05, 0) is 39.7 Å². The second-order valence-corrected chi connectivity index (χ2v) is 4.75. The Kier molecular flexibility index (Phi) is 1.92. The van der Waals surface area contributed by atoms with Crippen LogP contribution >= 0.6 is 0 Å². The van der Waals surface area contributed by atoms with Crippen molar-refractivity contribution >= 4 is 0 Å². The van der Waals surface area contributed by atoms with Crippen LogP contribution in [0.4, 0.5) is 0 Å². The Morgan fingerprint density at radius 2 is 2.25 bits per heavy atom. The van der Waals surface area contributed by atoms with Crippen molar-refractivity contribution in [2.45, 2.75) is 56.7 Å². The van der Waals surface area contributed by atoms with Crippen molar-refractivity contribution in [1.29, 1.82) is 0 Å². The highest BCUT2D eigenvalue weighted by Crippen LogP contribution is 2.40. The van der Waals surface area contributed by atoms with Gasteiger partial charge in [0.2, 0.25) is 0 Å². The molecule has 0 amide bonds. The molecule has 70 valence electrons. The van der Waals surface area contributed by atoms with Gasteiger partial charge in [-0.2, -0.15) is 0 Å². The molecule has 2 bridgehead atoms. The molecule has 1 N–H and O–H groups in total. The van der Waals surface area contributed by atoms with Crippen LogP contribution in [0.5, 0.6) is 0 Å². The zero-order chi connectivity index (χ0) is 8.77. The van der Waals surface area contributed by atoms with Crippen LogP contribution in [0, 0.1) is 0 Å². The summed E-state index contributed by atoms with van der Waals surface area (Å²) in [7, 11) is 2.22. The lowest BCUT2D eigenvalue weighted by Gasteiger charge is -2.53. The highest BCUT2D eigenvalue weighted by Gasteiger charge is 2.43. The number of aliphatic hydroxyl groups is 1. The van der Waals surface area contributed by atoms with Crippen LogP contribution in [0.25, 0.3) is 0 Å². The summed E-state index contributed by atoms with van der Waals surface area (Å²) in [5.41, 5.74) is 0.292. The largest absolute Gasteiger partial charge is 0.393 e. The number of fused-ring (bicyclic) bond motifs is 2. The lowest BCUT2D eigenvalue weighted by molar-refractivity contribution is -0.0631. The fraction of sp³-hybridized carbons (Fsp3) is 1.00. The minimum absolute atomic E-state index is 0.0449. The van der Waals surface area contributed by atoms with Crippen LogP contribution in [0.2, 0.25) is 0 Å². The molecule has 2 heterocycles. The molecule has 12 heavy (non-hydrogen) atoms. The number of hydrogen-bond donors (Lipinski definition) is 1. The van der Waals surface area contributed by atoms with Gasteiger partial charge in [-0.3, -0.25) is 4.90 Å². The minimum Gasteiger partial charge on any atom is -0.393 e. The van der Waals surface area contributed by atoms with E-state index in [2.05, 4.69) is 18.9 Å². The zero-order valence-corrected chi connectivity index (χ0v) is 8.08. The molecule has 2 aliphatic rings. The van der Waals surface area contributed by atoms with E-state index < -0.39 is 0 Å². The Balaban J connectivity index is 2.18. The van der Waals surface area contributed by atoms with Crippen LogP contribution in [0.3, 0.4) is 0 Å². The predicted octanol–water partition coefficient (Wildman–Crippen LogP) is 1.38. The number of hydrogen-bond acceptors (Lipinski definition) is 2. The highest BCUT2D eigenvalue weighted by atomic mass is 16.3. The van der Waals surface area contributed by atoms with Crippen LogP contribution in [0.15, 0.2) is 0 Å². The van der Waals surface area contributed by atoms with Crippen molar-refractivity contribution in [3.63, 3.8) is 0 Å². The summed E-state index contributed by atoms with van der Waals surface area (Å²) in [6.45, 7) is 2.29. The van der Waals surface area contributed by atoms with Crippen LogP contribution in [-0.2, 0) is 0 Å². The van der Waals surface area contributed by atoms with E-state index in [0.717, 1.165) is 12.8 Å². The van der Waals surface area contributed by atoms with Crippen molar-refractivity contribution in [2.75, 3.05) is 7.05 Å². The van der Waals surface area contributed by atoms with Gasteiger partial charge in [0.1, 0.15) is 0 Å². The molecule has 2 saturated heterocycles. The summed E-state index contributed by atoms with van der Waals surface area (Å²) in [6, 6.07) is 0.646. The van der Waals surface area contributed by atoms with Gasteiger partial charge in [-0.1, -0.05) is 6.42 Å². The second-order valence-electron chi connectivity index (χ2n) is 4.75. The molecule has 0 aromatic carbocycles. The molecular weight excluding hydrogens is 150 g/mol. The Hall–Kier alpha value is -0.0800. The highest BCUT2D eigenvalue weighted by molar-refractivity contribution is 4.99. The molecule has 0 aliphatic carbocycles. The van der Waals surface area contributed by atoms with Crippen LogP contribution < -0.4 is 0 Å². The van der Waals surface area contributed by atoms with Gasteiger partial charge in [0.15, 0.2) is 0 Å². The quantitative estimate of drug-likeness (QED) is 0.592. The van der Waals surface area contributed by atoms with E-state index in [-0.39, 0.29) is 6.10 Å². The maximum absolute atomic E-state index is 9.67. The van der Waals surface area contributed by atoms with Crippen molar-refractivity contribution in [3.8, 4) is 0 Å². The lowest BCUT2D eigenvalue weighted by Crippen LogP contribution is -2.58. The average Bonchev–Trinajstić information content (AvgIpc) is 1.95. The maximum Gasteiger partial charge on any atom is 0.0572 e. The third-order valence-corrected chi connectivity index (χ3v) is 3.87. The molecule has 0 saturated carbocycles. The standard InChI is InChI=1S/C10H19NO/c1-10-5-3-4-8(11(10)2)6-9(12)7-10/h8-9,12H,3-7H2,1-2H3/t8-,9-,10+/m0/s1. The van der Waals surface area contributed by atoms with Crippen molar-refractivity contribution in [1.82, 2.24) is 4.90 Å². The average molecular weight is 169 g/mol. The number of rotatable bonds is 0. The predicted molar refractivity (Wildman–Crippen MR) is 49.0 cm³/mol. The van der Waals surface area contributed by atoms with Gasteiger partial charge in [0, 0.05) is 11.6 Å². The molecule has 0 unspecified atom stereocenters. The van der Waals surface area contributed by atoms with E-state index in [9.17, 15) is 5.11 Å². The molecule has 0 radical (unpaired) electrons. The number of nitrogens with zero attached hydrogens (tertiary/aromatic N) is 1. The molecule has 0 aromatic heterocycles. The first-order chi connectivity index (χ1) is 5.62. The van der Waals surface area contributed by atoms with Gasteiger partial charge >= 0.3 is 0 Å². The zero-order valence-electron chi connectivity index (χ0n) is 8.08. The van der Waals surface area contributed by atoms with E-state index in [1.807, 2.05) is 0 Å². The first-order valence-corrected chi connectivity index (χ1v) is 5.03. The summed E-state index contributed by atoms with van der Waals surface area (Å²) < 4.78 is 0. The molecule has 2 nitrogen and oxygen atoms in total. The molecule has 2 rings (SSSR count). The fourth-order valence-corrected chi connectivity index (χ4v) is 2.96. The van der Waals surface area contributed by atoms with Crippen molar-refractivity contribution in [3.05, 3.63) is 0 Å². The molecule has 0 spiro atoms. The first kappa shape index (κ1) is 8.52. The summed E-state index contributed by atoms with van der Waals surface area (Å²) in [6.07, 6.45) is 5.81. The fourth-order valence-electron chi connectivity index (χ4n) is 2.96. The monoisotopic (exact) mass is 169 g/mol. The summed E-state index contributed by atoms with van der Waals surface area (Å²) in [4.78, 5) is 2.49. The van der Waals surface area contributed by atoms with Crippen LogP contribution in [0.1, 0.15) is 39.0 Å². The van der Waals surface area contributed by atoms with Crippen molar-refractivity contribution < 1.29 is 5.11 Å². The van der Waals surface area contributed by atoms with Gasteiger partial charge in [-0.25, -0.2) is 0 Å².